The first-order chi connectivity index (χ1) is 44.4. The van der Waals surface area contributed by atoms with E-state index >= 15 is 0 Å². The number of carbonyl (C=O) groups excluding carboxylic acids is 9. The van der Waals surface area contributed by atoms with Crippen molar-refractivity contribution >= 4 is 59.1 Å². The second-order valence-electron chi connectivity index (χ2n) is 26.1. The number of nitrogens with two attached hydrogens (primary N) is 1. The van der Waals surface area contributed by atoms with Gasteiger partial charge in [-0.15, -0.1) is 5.10 Å². The van der Waals surface area contributed by atoms with Crippen molar-refractivity contribution in [1.82, 2.24) is 51.0 Å². The zero-order valence-electron chi connectivity index (χ0n) is 57.7. The van der Waals surface area contributed by atoms with Gasteiger partial charge in [0.2, 0.25) is 35.4 Å². The van der Waals surface area contributed by atoms with E-state index in [4.69, 9.17) is 19.9 Å². The van der Waals surface area contributed by atoms with Crippen LogP contribution in [0.25, 0.3) is 0 Å². The second-order valence-corrected chi connectivity index (χ2v) is 26.1. The normalized spacial score (nSPS) is 17.1. The van der Waals surface area contributed by atoms with E-state index in [1.807, 2.05) is 32.0 Å². The molecule has 94 heavy (non-hydrogen) atoms. The van der Waals surface area contributed by atoms with Crippen LogP contribution in [0.2, 0.25) is 0 Å². The highest BCUT2D eigenvalue weighted by atomic mass is 16.6. The lowest BCUT2D eigenvalue weighted by Crippen LogP contribution is -2.60. The molecule has 1 aliphatic rings. The molecule has 0 unspecified atom stereocenters. The maximum Gasteiger partial charge on any atom is 0.410 e. The van der Waals surface area contributed by atoms with Crippen LogP contribution in [-0.4, -0.2) is 195 Å². The molecule has 0 spiro atoms. The van der Waals surface area contributed by atoms with Crippen LogP contribution in [0.4, 0.5) is 4.79 Å². The van der Waals surface area contributed by atoms with Gasteiger partial charge in [0, 0.05) is 66.2 Å². The van der Waals surface area contributed by atoms with E-state index in [2.05, 4.69) is 31.6 Å². The number of ketones is 2. The largest absolute Gasteiger partial charge is 0.481 e. The molecule has 0 saturated carbocycles. The molecule has 1 aromatic heterocycles. The molecule has 0 bridgehead atoms. The van der Waals surface area contributed by atoms with Crippen molar-refractivity contribution < 1.29 is 72.4 Å². The van der Waals surface area contributed by atoms with E-state index in [1.54, 1.807) is 116 Å². The van der Waals surface area contributed by atoms with Crippen LogP contribution in [0.3, 0.4) is 0 Å². The molecule has 3 aromatic rings. The molecule has 1 aliphatic heterocycles. The molecule has 1 saturated heterocycles. The average molecular weight is 1320 g/mol. The van der Waals surface area contributed by atoms with Crippen molar-refractivity contribution in [3.05, 3.63) is 83.2 Å². The predicted octanol–water partition coefficient (Wildman–Crippen LogP) is 4.71. The smallest absolute Gasteiger partial charge is 0.410 e. The Hall–Kier alpha value is -7.68. The summed E-state index contributed by atoms with van der Waals surface area (Å²) in [5.41, 5.74) is 8.28. The van der Waals surface area contributed by atoms with Crippen molar-refractivity contribution in [3.8, 4) is 0 Å². The number of amides is 7. The molecule has 26 heteroatoms. The highest BCUT2D eigenvalue weighted by molar-refractivity contribution is 5.95. The Morgan fingerprint density at radius 3 is 1.94 bits per heavy atom. The molecule has 8 N–H and O–H groups in total. The van der Waals surface area contributed by atoms with E-state index in [9.17, 15) is 58.2 Å². The predicted molar refractivity (Wildman–Crippen MR) is 351 cm³/mol. The van der Waals surface area contributed by atoms with Crippen LogP contribution < -0.4 is 27.0 Å². The summed E-state index contributed by atoms with van der Waals surface area (Å²) in [5, 5.41) is 39.3. The highest BCUT2D eigenvalue weighted by Gasteiger charge is 2.44. The lowest BCUT2D eigenvalue weighted by atomic mass is 9.86. The number of nitrogens with one attached hydrogen (secondary N) is 4. The number of hydrogen-bond acceptors (Lipinski definition) is 17. The third kappa shape index (κ3) is 22.8. The lowest BCUT2D eigenvalue weighted by molar-refractivity contribution is -0.148. The van der Waals surface area contributed by atoms with Crippen molar-refractivity contribution in [3.63, 3.8) is 0 Å². The molecule has 13 atom stereocenters. The molecule has 0 aliphatic carbocycles. The molecule has 26 nitrogen and oxygen atoms in total. The zero-order chi connectivity index (χ0) is 70.3. The van der Waals surface area contributed by atoms with Gasteiger partial charge in [-0.2, -0.15) is 0 Å². The van der Waals surface area contributed by atoms with Gasteiger partial charge in [0.1, 0.15) is 25.2 Å². The quantitative estimate of drug-likeness (QED) is 0.0407. The molecular formula is C68H105N11O15. The minimum absolute atomic E-state index is 0.0510. The number of rotatable bonds is 39. The van der Waals surface area contributed by atoms with Gasteiger partial charge in [0.25, 0.3) is 0 Å². The van der Waals surface area contributed by atoms with Gasteiger partial charge in [-0.05, 0) is 86.4 Å². The first kappa shape index (κ1) is 78.8. The Morgan fingerprint density at radius 2 is 1.38 bits per heavy atom. The van der Waals surface area contributed by atoms with Gasteiger partial charge >= 0.3 is 12.1 Å². The number of likely N-dealkylation sites (tertiary alicyclic amines) is 1. The molecule has 2 heterocycles. The fourth-order valence-electron chi connectivity index (χ4n) is 12.2. The molecular weight excluding hydrogens is 1210 g/mol. The molecule has 0 radical (unpaired) electrons. The number of carboxylic acids is 1. The fraction of sp³-hybridized carbons (Fsp3) is 0.647. The zero-order valence-corrected chi connectivity index (χ0v) is 57.7. The number of likely N-dealkylation sites (N-methyl/N-ethyl adjacent to an activating group) is 2. The van der Waals surface area contributed by atoms with Gasteiger partial charge in [-0.1, -0.05) is 129 Å². The van der Waals surface area contributed by atoms with E-state index in [0.717, 1.165) is 0 Å². The van der Waals surface area contributed by atoms with Gasteiger partial charge in [0.05, 0.1) is 66.6 Å². The van der Waals surface area contributed by atoms with E-state index < -0.39 is 138 Å². The van der Waals surface area contributed by atoms with E-state index in [0.29, 0.717) is 48.2 Å². The summed E-state index contributed by atoms with van der Waals surface area (Å²) < 4.78 is 19.0. The van der Waals surface area contributed by atoms with Crippen molar-refractivity contribution in [2.24, 2.45) is 41.2 Å². The summed E-state index contributed by atoms with van der Waals surface area (Å²) in [4.78, 5) is 141. The van der Waals surface area contributed by atoms with Crippen molar-refractivity contribution in [2.75, 3.05) is 41.4 Å². The van der Waals surface area contributed by atoms with Crippen LogP contribution in [-0.2, 0) is 76.9 Å². The van der Waals surface area contributed by atoms with Crippen molar-refractivity contribution in [1.29, 1.82) is 0 Å². The maximum absolute atomic E-state index is 14.8. The number of Topliss-reactive ketones (excluding diaryl/α,β-unsaturated/α-hetero) is 2. The molecule has 1 fully saturated rings. The first-order valence-electron chi connectivity index (χ1n) is 32.8. The number of aliphatic hydroxyl groups excluding tert-OH is 1. The molecule has 4 rings (SSSR count). The number of aromatic nitrogens is 3. The third-order valence-corrected chi connectivity index (χ3v) is 17.9. The number of carbonyl (C=O) groups is 10. The fourth-order valence-corrected chi connectivity index (χ4v) is 12.2. The summed E-state index contributed by atoms with van der Waals surface area (Å²) >= 11 is 0. The highest BCUT2D eigenvalue weighted by Crippen LogP contribution is 2.31. The molecule has 522 valence electrons. The number of nitrogens with zero attached hydrogens (tertiary/aromatic N) is 6. The van der Waals surface area contributed by atoms with Crippen LogP contribution in [0.15, 0.2) is 60.8 Å². The topological polar surface area (TPSA) is 353 Å². The van der Waals surface area contributed by atoms with Gasteiger partial charge < -0.3 is 61.2 Å². The van der Waals surface area contributed by atoms with Crippen LogP contribution in [0, 0.1) is 42.4 Å². The van der Waals surface area contributed by atoms with Crippen LogP contribution in [0.5, 0.6) is 0 Å². The SMILES string of the molecule is CC[C@H](C)[C@@H]([C@@H](CC(=O)N1CCC[C@H]1[C@H](OC)[C@@H](C)C(=O)N[C@H](C)[C@@H](O)c1ccccc1)OC)N(C)C(=O)[C@@H](NC(=O)[C@H](C(C)C)N(C)C(=O)OCc1ccc(CC(=O)[C@H](CCN)NC(=O)[C@@H](CC(=O)[C@H](CCC(=O)O)NC(=O)Cn2cc(C)nn2)C(C)C)cc1)C(C)C. The molecule has 7 amide bonds. The number of hydrogen-bond donors (Lipinski definition) is 7. The Kier molecular flexibility index (Phi) is 31.9. The Balaban J connectivity index is 1.38. The number of aryl methyl sites for hydroxylation is 1. The Morgan fingerprint density at radius 1 is 0.745 bits per heavy atom. The van der Waals surface area contributed by atoms with Crippen LogP contribution in [0.1, 0.15) is 149 Å². The second kappa shape index (κ2) is 38.0. The number of aliphatic hydroxyl groups is 1. The van der Waals surface area contributed by atoms with Gasteiger partial charge in [0.15, 0.2) is 11.6 Å². The summed E-state index contributed by atoms with van der Waals surface area (Å²) in [6.45, 7) is 19.7. The molecule has 2 aromatic carbocycles. The summed E-state index contributed by atoms with van der Waals surface area (Å²) in [7, 11) is 6.09. The minimum Gasteiger partial charge on any atom is -0.481 e. The minimum atomic E-state index is -1.21. The number of ether oxygens (including phenoxy) is 3. The number of benzene rings is 2. The monoisotopic (exact) mass is 1320 g/mol. The maximum atomic E-state index is 14.8. The number of carboxylic acid groups (broad SMARTS) is 1. The number of aliphatic carboxylic acids is 1. The Bertz CT molecular complexity index is 2980. The summed E-state index contributed by atoms with van der Waals surface area (Å²) in [6, 6.07) is 9.72. The number of methoxy groups -OCH3 is 2. The van der Waals surface area contributed by atoms with Crippen molar-refractivity contribution in [2.45, 2.75) is 208 Å². The van der Waals surface area contributed by atoms with E-state index in [-0.39, 0.29) is 75.3 Å². The first-order valence-corrected chi connectivity index (χ1v) is 32.8. The summed E-state index contributed by atoms with van der Waals surface area (Å²) in [5.74, 6) is -7.90. The van der Waals surface area contributed by atoms with Gasteiger partial charge in [-0.25, -0.2) is 9.48 Å². The average Bonchev–Trinajstić information content (AvgIpc) is 1.46. The summed E-state index contributed by atoms with van der Waals surface area (Å²) in [6.07, 6.45) is -0.849. The standard InChI is InChI=1S/C68H105N11O15/c1-16-42(8)61(55(92-14)35-57(83)79-32-20-23-52(79)63(93-15)44(10)64(87)70-45(11)62(86)48-21-18-17-19-22-48)76(12)67(90)59(40(4)5)73-66(89)60(41(6)7)77(13)68(91)94-38-47-26-24-46(25-27-47)33-53(80)51(30-31-69)72-65(88)49(39(2)3)34-54(81)50(28-29-58(84)85)71-56(82)37-78-36-43(9)74-75-78/h17-19,21-22,24-27,36,39-42,44-45,49-52,55,59-63,86H,16,20,23,28-35,37-38,69H2,1-15H3,(H,70,87)(H,71,82)(H,72,88)(H,73,89)(H,84,85)/t42-,44+,45+,49-,50-,51-,52-,55+,59-,60-,61-,62+,63+/m0/s1. The van der Waals surface area contributed by atoms with Crippen LogP contribution >= 0.6 is 0 Å². The lowest BCUT2D eigenvalue weighted by Gasteiger charge is -2.41. The van der Waals surface area contributed by atoms with E-state index in [1.165, 1.54) is 37.0 Å². The third-order valence-electron chi connectivity index (χ3n) is 17.9. The van der Waals surface area contributed by atoms with Gasteiger partial charge in [-0.3, -0.25) is 48.1 Å². The Labute approximate surface area is 553 Å².